The Hall–Kier alpha value is -1.39. The second-order valence-electron chi connectivity index (χ2n) is 3.17. The van der Waals surface area contributed by atoms with Crippen LogP contribution in [0.4, 0.5) is 0 Å². The van der Waals surface area contributed by atoms with Crippen LogP contribution in [0.2, 0.25) is 5.02 Å². The normalized spacial score (nSPS) is 10.6. The zero-order valence-electron chi connectivity index (χ0n) is 8.20. The van der Waals surface area contributed by atoms with Gasteiger partial charge in [0.2, 0.25) is 11.8 Å². The molecule has 0 amide bonds. The first kappa shape index (κ1) is 10.1. The van der Waals surface area contributed by atoms with Gasteiger partial charge < -0.3 is 10.2 Å². The van der Waals surface area contributed by atoms with Crippen molar-refractivity contribution >= 4 is 11.6 Å². The van der Waals surface area contributed by atoms with Crippen molar-refractivity contribution in [3.63, 3.8) is 0 Å². The molecule has 0 radical (unpaired) electrons. The largest absolute Gasteiger partial charge is 0.419 e. The van der Waals surface area contributed by atoms with Gasteiger partial charge in [0.1, 0.15) is 0 Å². The van der Waals surface area contributed by atoms with Gasteiger partial charge in [-0.05, 0) is 24.6 Å². The molecule has 0 fully saturated rings. The predicted molar refractivity (Wildman–Crippen MR) is 57.4 cm³/mol. The van der Waals surface area contributed by atoms with Crippen LogP contribution in [0.3, 0.4) is 0 Å². The molecule has 5 heteroatoms. The number of hydrogen-bond acceptors (Lipinski definition) is 4. The third kappa shape index (κ3) is 2.00. The van der Waals surface area contributed by atoms with E-state index in [1.54, 1.807) is 6.07 Å². The minimum Gasteiger partial charge on any atom is -0.419 e. The van der Waals surface area contributed by atoms with Gasteiger partial charge in [-0.25, -0.2) is 0 Å². The van der Waals surface area contributed by atoms with Crippen LogP contribution in [0.1, 0.15) is 11.5 Å². The van der Waals surface area contributed by atoms with Crippen LogP contribution in [0.15, 0.2) is 22.6 Å². The first-order valence-electron chi connectivity index (χ1n) is 4.49. The lowest BCUT2D eigenvalue weighted by molar-refractivity contribution is 0.508. The highest BCUT2D eigenvalue weighted by molar-refractivity contribution is 6.31. The van der Waals surface area contributed by atoms with Gasteiger partial charge >= 0.3 is 0 Å². The second-order valence-corrected chi connectivity index (χ2v) is 3.58. The van der Waals surface area contributed by atoms with Crippen molar-refractivity contribution < 1.29 is 4.42 Å². The molecule has 0 aliphatic heterocycles. The van der Waals surface area contributed by atoms with Crippen molar-refractivity contribution in [2.45, 2.75) is 13.5 Å². The highest BCUT2D eigenvalue weighted by Crippen LogP contribution is 2.24. The molecule has 78 valence electrons. The summed E-state index contributed by atoms with van der Waals surface area (Å²) in [5.41, 5.74) is 7.19. The minimum absolute atomic E-state index is 0.243. The van der Waals surface area contributed by atoms with Gasteiger partial charge in [-0.3, -0.25) is 0 Å². The summed E-state index contributed by atoms with van der Waals surface area (Å²) >= 11 is 5.99. The quantitative estimate of drug-likeness (QED) is 0.847. The SMILES string of the molecule is Cc1ccc(-c2nnc(CN)o2)cc1Cl. The second kappa shape index (κ2) is 4.00. The number of hydrogen-bond donors (Lipinski definition) is 1. The van der Waals surface area contributed by atoms with Crippen LogP contribution in [-0.2, 0) is 6.54 Å². The summed E-state index contributed by atoms with van der Waals surface area (Å²) in [5.74, 6) is 0.860. The van der Waals surface area contributed by atoms with Gasteiger partial charge in [0.15, 0.2) is 0 Å². The van der Waals surface area contributed by atoms with Crippen molar-refractivity contribution in [2.24, 2.45) is 5.73 Å². The number of aryl methyl sites for hydroxylation is 1. The average molecular weight is 224 g/mol. The van der Waals surface area contributed by atoms with Gasteiger partial charge in [-0.1, -0.05) is 17.7 Å². The topological polar surface area (TPSA) is 64.9 Å². The summed E-state index contributed by atoms with van der Waals surface area (Å²) in [6.45, 7) is 2.18. The fourth-order valence-electron chi connectivity index (χ4n) is 1.18. The standard InChI is InChI=1S/C10H10ClN3O/c1-6-2-3-7(4-8(6)11)10-14-13-9(5-12)15-10/h2-4H,5,12H2,1H3. The number of rotatable bonds is 2. The molecule has 0 aliphatic rings. The Kier molecular flexibility index (Phi) is 2.70. The molecule has 1 aromatic heterocycles. The minimum atomic E-state index is 0.243. The summed E-state index contributed by atoms with van der Waals surface area (Å²) in [6.07, 6.45) is 0. The van der Waals surface area contributed by atoms with E-state index in [0.29, 0.717) is 16.8 Å². The molecule has 1 heterocycles. The first-order chi connectivity index (χ1) is 7.20. The molecular weight excluding hydrogens is 214 g/mol. The Balaban J connectivity index is 2.40. The molecule has 2 N–H and O–H groups in total. The van der Waals surface area contributed by atoms with E-state index in [1.807, 2.05) is 19.1 Å². The van der Waals surface area contributed by atoms with E-state index in [0.717, 1.165) is 11.1 Å². The molecule has 0 unspecified atom stereocenters. The number of halogens is 1. The van der Waals surface area contributed by atoms with Crippen molar-refractivity contribution in [2.75, 3.05) is 0 Å². The van der Waals surface area contributed by atoms with Crippen LogP contribution in [0.5, 0.6) is 0 Å². The van der Waals surface area contributed by atoms with Crippen molar-refractivity contribution in [1.29, 1.82) is 0 Å². The maximum Gasteiger partial charge on any atom is 0.247 e. The molecule has 0 saturated carbocycles. The van der Waals surface area contributed by atoms with Crippen molar-refractivity contribution in [3.05, 3.63) is 34.7 Å². The van der Waals surface area contributed by atoms with Crippen LogP contribution < -0.4 is 5.73 Å². The summed E-state index contributed by atoms with van der Waals surface area (Å²) in [7, 11) is 0. The maximum atomic E-state index is 5.99. The van der Waals surface area contributed by atoms with E-state index < -0.39 is 0 Å². The van der Waals surface area contributed by atoms with Crippen LogP contribution in [0, 0.1) is 6.92 Å². The Morgan fingerprint density at radius 3 is 2.80 bits per heavy atom. The Labute approximate surface area is 92.1 Å². The van der Waals surface area contributed by atoms with Crippen LogP contribution in [0.25, 0.3) is 11.5 Å². The van der Waals surface area contributed by atoms with Crippen LogP contribution >= 0.6 is 11.6 Å². The first-order valence-corrected chi connectivity index (χ1v) is 4.87. The lowest BCUT2D eigenvalue weighted by Crippen LogP contribution is -1.95. The maximum absolute atomic E-state index is 5.99. The van der Waals surface area contributed by atoms with E-state index >= 15 is 0 Å². The van der Waals surface area contributed by atoms with Gasteiger partial charge in [-0.15, -0.1) is 10.2 Å². The number of nitrogens with two attached hydrogens (primary N) is 1. The Morgan fingerprint density at radius 2 is 2.20 bits per heavy atom. The van der Waals surface area contributed by atoms with Gasteiger partial charge in [0, 0.05) is 10.6 Å². The highest BCUT2D eigenvalue weighted by Gasteiger charge is 2.08. The van der Waals surface area contributed by atoms with E-state index in [9.17, 15) is 0 Å². The summed E-state index contributed by atoms with van der Waals surface area (Å²) < 4.78 is 5.31. The average Bonchev–Trinajstić information content (AvgIpc) is 2.70. The number of aromatic nitrogens is 2. The predicted octanol–water partition coefficient (Wildman–Crippen LogP) is 2.16. The molecule has 2 rings (SSSR count). The van der Waals surface area contributed by atoms with Crippen molar-refractivity contribution in [3.8, 4) is 11.5 Å². The van der Waals surface area contributed by atoms with Crippen LogP contribution in [-0.4, -0.2) is 10.2 Å². The van der Waals surface area contributed by atoms with E-state index in [2.05, 4.69) is 10.2 Å². The third-order valence-electron chi connectivity index (χ3n) is 2.06. The number of nitrogens with zero attached hydrogens (tertiary/aromatic N) is 2. The van der Waals surface area contributed by atoms with Gasteiger partial charge in [0.05, 0.1) is 6.54 Å². The molecule has 4 nitrogen and oxygen atoms in total. The Bertz CT molecular complexity index is 481. The smallest absolute Gasteiger partial charge is 0.247 e. The zero-order valence-corrected chi connectivity index (χ0v) is 8.95. The molecule has 0 spiro atoms. The molecule has 15 heavy (non-hydrogen) atoms. The zero-order chi connectivity index (χ0) is 10.8. The van der Waals surface area contributed by atoms with Gasteiger partial charge in [0.25, 0.3) is 0 Å². The molecule has 2 aromatic rings. The molecule has 0 saturated heterocycles. The highest BCUT2D eigenvalue weighted by atomic mass is 35.5. The molecule has 1 aromatic carbocycles. The fourth-order valence-corrected chi connectivity index (χ4v) is 1.36. The number of benzene rings is 1. The molecule has 0 bridgehead atoms. The van der Waals surface area contributed by atoms with Crippen molar-refractivity contribution in [1.82, 2.24) is 10.2 Å². The lowest BCUT2D eigenvalue weighted by atomic mass is 10.1. The third-order valence-corrected chi connectivity index (χ3v) is 2.47. The lowest BCUT2D eigenvalue weighted by Gasteiger charge is -1.98. The van der Waals surface area contributed by atoms with Gasteiger partial charge in [-0.2, -0.15) is 0 Å². The summed E-state index contributed by atoms with van der Waals surface area (Å²) in [5, 5.41) is 8.33. The summed E-state index contributed by atoms with van der Waals surface area (Å²) in [4.78, 5) is 0. The molecule has 0 atom stereocenters. The summed E-state index contributed by atoms with van der Waals surface area (Å²) in [6, 6.07) is 5.59. The van der Waals surface area contributed by atoms with E-state index in [-0.39, 0.29) is 6.54 Å². The monoisotopic (exact) mass is 223 g/mol. The van der Waals surface area contributed by atoms with E-state index in [1.165, 1.54) is 0 Å². The molecular formula is C10H10ClN3O. The molecule has 0 aliphatic carbocycles. The van der Waals surface area contributed by atoms with E-state index in [4.69, 9.17) is 21.8 Å². The Morgan fingerprint density at radius 1 is 1.40 bits per heavy atom. The fraction of sp³-hybridized carbons (Fsp3) is 0.200.